The van der Waals surface area contributed by atoms with E-state index in [0.29, 0.717) is 50.2 Å². The molecule has 4 aliphatic heterocycles. The molecule has 0 spiro atoms. The zero-order chi connectivity index (χ0) is 53.4. The molecule has 7 N–H and O–H groups in total. The molecule has 4 aromatic rings. The molecule has 19 heteroatoms. The van der Waals surface area contributed by atoms with Gasteiger partial charge in [0.2, 0.25) is 23.6 Å². The van der Waals surface area contributed by atoms with Crippen molar-refractivity contribution < 1.29 is 38.3 Å². The average molecular weight is 1010 g/mol. The molecule has 74 heavy (non-hydrogen) atoms. The van der Waals surface area contributed by atoms with E-state index < -0.39 is 60.1 Å². The van der Waals surface area contributed by atoms with Gasteiger partial charge in [0.25, 0.3) is 11.8 Å². The molecule has 19 nitrogen and oxygen atoms in total. The van der Waals surface area contributed by atoms with E-state index in [9.17, 15) is 33.6 Å². The van der Waals surface area contributed by atoms with Gasteiger partial charge in [-0.25, -0.2) is 10.9 Å². The summed E-state index contributed by atoms with van der Waals surface area (Å²) in [6.07, 6.45) is 12.0. The van der Waals surface area contributed by atoms with Crippen LogP contribution in [0.15, 0.2) is 85.4 Å². The predicted molar refractivity (Wildman–Crippen MR) is 281 cm³/mol. The average Bonchev–Trinajstić information content (AvgIpc) is 3.38. The number of hydrogen-bond acceptors (Lipinski definition) is 13. The molecule has 0 radical (unpaired) electrons. The van der Waals surface area contributed by atoms with Gasteiger partial charge in [0, 0.05) is 48.0 Å². The second kappa shape index (κ2) is 24.0. The Morgan fingerprint density at radius 1 is 0.554 bits per heavy atom. The molecule has 4 aliphatic rings. The Bertz CT molecular complexity index is 2670. The molecule has 6 amide bonds. The SMILES string of the molecule is C=C1/C=C\c2cc3cc(ccc3cn2)[C@@H](C)OC(=O)[C@@H]2CCCN(N2)C(=O)[C@H](C)NC(=O)[C@H](C(C)C)N1.CC(C)[C@@H]1NC(=O)/C=C\c2cc3cc(ccc3cn2)[C@@H](C)NC(=O)[C@@H]2CCCN(N2)C(=O)[C@H](C)NC1=O. The van der Waals surface area contributed by atoms with Crippen LogP contribution in [-0.4, -0.2) is 111 Å². The number of esters is 1. The number of carbonyl (C=O) groups is 7. The van der Waals surface area contributed by atoms with Crippen molar-refractivity contribution in [2.24, 2.45) is 11.8 Å². The van der Waals surface area contributed by atoms with Crippen LogP contribution in [0.3, 0.4) is 0 Å². The summed E-state index contributed by atoms with van der Waals surface area (Å²) >= 11 is 0. The van der Waals surface area contributed by atoms with Crippen LogP contribution in [0.5, 0.6) is 0 Å². The number of hydrogen-bond donors (Lipinski definition) is 7. The van der Waals surface area contributed by atoms with E-state index in [1.807, 2.05) is 96.1 Å². The molecule has 2 aromatic heterocycles. The van der Waals surface area contributed by atoms with Gasteiger partial charge < -0.3 is 31.3 Å². The van der Waals surface area contributed by atoms with Crippen LogP contribution in [0.2, 0.25) is 0 Å². The van der Waals surface area contributed by atoms with Crippen molar-refractivity contribution in [2.75, 3.05) is 13.1 Å². The highest BCUT2D eigenvalue weighted by molar-refractivity contribution is 5.97. The molecule has 6 heterocycles. The quantitative estimate of drug-likeness (QED) is 0.136. The summed E-state index contributed by atoms with van der Waals surface area (Å²) in [6.45, 7) is 19.4. The Kier molecular flexibility index (Phi) is 17.6. The minimum atomic E-state index is -0.848. The first-order valence-electron chi connectivity index (χ1n) is 25.4. The number of hydrazine groups is 2. The Morgan fingerprint density at radius 2 is 1.04 bits per heavy atom. The maximum atomic E-state index is 13.1. The van der Waals surface area contributed by atoms with Crippen LogP contribution in [0.4, 0.5) is 0 Å². The molecule has 10 bridgehead atoms. The Hall–Kier alpha value is -7.51. The van der Waals surface area contributed by atoms with Crippen LogP contribution in [0.1, 0.15) is 116 Å². The maximum absolute atomic E-state index is 13.1. The summed E-state index contributed by atoms with van der Waals surface area (Å²) in [7, 11) is 0. The van der Waals surface area contributed by atoms with E-state index in [-0.39, 0.29) is 41.5 Å². The summed E-state index contributed by atoms with van der Waals surface area (Å²) in [5.41, 5.74) is 9.69. The van der Waals surface area contributed by atoms with E-state index in [2.05, 4.69) is 54.0 Å². The first-order valence-corrected chi connectivity index (χ1v) is 25.4. The van der Waals surface area contributed by atoms with Crippen molar-refractivity contribution in [3.05, 3.63) is 108 Å². The van der Waals surface area contributed by atoms with Gasteiger partial charge in [-0.1, -0.05) is 58.5 Å². The predicted octanol–water partition coefficient (Wildman–Crippen LogP) is 4.57. The number of rotatable bonds is 2. The number of pyridine rings is 2. The number of fused-ring (bicyclic) bond motifs is 8. The lowest BCUT2D eigenvalue weighted by Gasteiger charge is -2.35. The molecule has 2 fully saturated rings. The van der Waals surface area contributed by atoms with Crippen LogP contribution < -0.4 is 37.4 Å². The third-order valence-corrected chi connectivity index (χ3v) is 13.5. The standard InChI is InChI=1S/C28H35N5O4.C27H34N6O4/c1-16(2)25-26(34)31-18(4)27(35)33-12-6-7-24(32-33)28(36)37-19(5)20-9-10-21-15-29-23(14-22(21)13-20)11-8-17(3)30-25;1-15(2)24-26(36)30-17(4)27(37)33-11-5-6-22(32-33)25(35)29-16(3)18-7-8-19-14-28-21(13-20(19)12-18)9-10-23(34)31-24/h8-11,13-16,18-19,24-25,30,32H,3,6-7,12H2,1-2,4-5H3,(H,31,34);7-10,12-17,22,24,32H,5-6,11H2,1-4H3,(H,29,35)(H,30,36)(H,31,34)/b11-8-;10-9-/t18-,19+,24-,25-;16-,17+,22+,24+/m01/s1. The fraction of sp³-hybridized carbons (Fsp3) is 0.436. The number of nitrogens with one attached hydrogen (secondary N) is 7. The summed E-state index contributed by atoms with van der Waals surface area (Å²) in [5, 5.41) is 21.1. The molecular formula is C55H69N11O8. The number of aromatic nitrogens is 2. The lowest BCUT2D eigenvalue weighted by Crippen LogP contribution is -2.61. The van der Waals surface area contributed by atoms with Gasteiger partial charge in [-0.3, -0.25) is 53.5 Å². The number of carbonyl (C=O) groups excluding carboxylic acids is 7. The number of nitrogens with zero attached hydrogens (tertiary/aromatic N) is 4. The van der Waals surface area contributed by atoms with E-state index in [1.165, 1.54) is 16.1 Å². The molecule has 2 saturated heterocycles. The van der Waals surface area contributed by atoms with Gasteiger partial charge in [0.05, 0.1) is 17.4 Å². The topological polar surface area (TPSA) is 245 Å². The van der Waals surface area contributed by atoms with Crippen LogP contribution in [-0.2, 0) is 38.3 Å². The monoisotopic (exact) mass is 1010 g/mol. The van der Waals surface area contributed by atoms with Gasteiger partial charge in [0.1, 0.15) is 42.4 Å². The Balaban J connectivity index is 0.000000216. The zero-order valence-corrected chi connectivity index (χ0v) is 43.4. The highest BCUT2D eigenvalue weighted by Gasteiger charge is 2.35. The maximum Gasteiger partial charge on any atom is 0.325 e. The third-order valence-electron chi connectivity index (χ3n) is 13.5. The first kappa shape index (κ1) is 54.3. The number of allylic oxidation sites excluding steroid dienone is 1. The largest absolute Gasteiger partial charge is 0.457 e. The van der Waals surface area contributed by atoms with E-state index in [1.54, 1.807) is 38.4 Å². The molecule has 0 unspecified atom stereocenters. The van der Waals surface area contributed by atoms with E-state index >= 15 is 0 Å². The highest BCUT2D eigenvalue weighted by atomic mass is 16.5. The lowest BCUT2D eigenvalue weighted by molar-refractivity contribution is -0.157. The fourth-order valence-electron chi connectivity index (χ4n) is 9.09. The van der Waals surface area contributed by atoms with Crippen molar-refractivity contribution >= 4 is 75.1 Å². The highest BCUT2D eigenvalue weighted by Crippen LogP contribution is 2.26. The van der Waals surface area contributed by atoms with Gasteiger partial charge in [-0.05, 0) is 130 Å². The Morgan fingerprint density at radius 3 is 1.61 bits per heavy atom. The zero-order valence-electron chi connectivity index (χ0n) is 43.4. The van der Waals surface area contributed by atoms with Crippen molar-refractivity contribution in [3.8, 4) is 0 Å². The molecular weight excluding hydrogens is 943 g/mol. The van der Waals surface area contributed by atoms with Crippen molar-refractivity contribution in [3.63, 3.8) is 0 Å². The van der Waals surface area contributed by atoms with Crippen LogP contribution >= 0.6 is 0 Å². The molecule has 0 aliphatic carbocycles. The number of ether oxygens (including phenoxy) is 1. The summed E-state index contributed by atoms with van der Waals surface area (Å²) in [6, 6.07) is 11.0. The number of benzene rings is 2. The first-order chi connectivity index (χ1) is 35.2. The molecule has 8 rings (SSSR count). The molecule has 8 atom stereocenters. The van der Waals surface area contributed by atoms with Gasteiger partial charge in [-0.15, -0.1) is 0 Å². The van der Waals surface area contributed by atoms with Crippen molar-refractivity contribution in [2.45, 2.75) is 129 Å². The lowest BCUT2D eigenvalue weighted by atomic mass is 10.0. The second-order valence-corrected chi connectivity index (χ2v) is 20.1. The molecule has 0 saturated carbocycles. The summed E-state index contributed by atoms with van der Waals surface area (Å²) in [5.74, 6) is -2.75. The van der Waals surface area contributed by atoms with Gasteiger partial charge in [-0.2, -0.15) is 0 Å². The minimum absolute atomic E-state index is 0.0585. The fourth-order valence-corrected chi connectivity index (χ4v) is 9.09. The van der Waals surface area contributed by atoms with Gasteiger partial charge >= 0.3 is 5.97 Å². The van der Waals surface area contributed by atoms with E-state index in [4.69, 9.17) is 4.74 Å². The van der Waals surface area contributed by atoms with E-state index in [0.717, 1.165) is 38.4 Å². The smallest absolute Gasteiger partial charge is 0.325 e. The van der Waals surface area contributed by atoms with Gasteiger partial charge in [0.15, 0.2) is 0 Å². The minimum Gasteiger partial charge on any atom is -0.457 e. The molecule has 392 valence electrons. The van der Waals surface area contributed by atoms with Crippen LogP contribution in [0.25, 0.3) is 33.7 Å². The Labute approximate surface area is 431 Å². The summed E-state index contributed by atoms with van der Waals surface area (Å²) < 4.78 is 5.78. The van der Waals surface area contributed by atoms with Crippen molar-refractivity contribution in [1.29, 1.82) is 0 Å². The van der Waals surface area contributed by atoms with Crippen LogP contribution in [0, 0.1) is 11.8 Å². The normalized spacial score (nSPS) is 26.7. The second-order valence-electron chi connectivity index (χ2n) is 20.1. The number of cyclic esters (lactones) is 1. The molecule has 2 aromatic carbocycles. The summed E-state index contributed by atoms with van der Waals surface area (Å²) in [4.78, 5) is 99.8. The third kappa shape index (κ3) is 13.6. The van der Waals surface area contributed by atoms with Crippen molar-refractivity contribution in [1.82, 2.24) is 57.4 Å². The number of amides is 6.